The van der Waals surface area contributed by atoms with E-state index in [0.717, 1.165) is 5.56 Å². The summed E-state index contributed by atoms with van der Waals surface area (Å²) >= 11 is 12.7. The predicted molar refractivity (Wildman–Crippen MR) is 130 cm³/mol. The SMILES string of the molecule is C=CCN1C(=O)/C(=C\c2cc(Cl)ccc2OCCCOc2ccccc2OC)SC1=S. The van der Waals surface area contributed by atoms with E-state index >= 15 is 0 Å². The molecular formula is C23H22ClNO4S2. The molecule has 0 atom stereocenters. The molecule has 8 heteroatoms. The van der Waals surface area contributed by atoms with Crippen LogP contribution in [0.25, 0.3) is 6.08 Å². The van der Waals surface area contributed by atoms with Gasteiger partial charge in [-0.25, -0.2) is 0 Å². The van der Waals surface area contributed by atoms with E-state index in [0.29, 0.717) is 57.7 Å². The number of nitrogens with zero attached hydrogens (tertiary/aromatic N) is 1. The fraction of sp³-hybridized carbons (Fsp3) is 0.217. The van der Waals surface area contributed by atoms with E-state index in [1.807, 2.05) is 24.3 Å². The second-order valence-corrected chi connectivity index (χ2v) is 8.58. The summed E-state index contributed by atoms with van der Waals surface area (Å²) in [5, 5.41) is 0.555. The number of thiocarbonyl (C=S) groups is 1. The first-order valence-electron chi connectivity index (χ1n) is 9.58. The largest absolute Gasteiger partial charge is 0.493 e. The number of halogens is 1. The molecule has 0 saturated carbocycles. The zero-order valence-electron chi connectivity index (χ0n) is 17.0. The number of benzene rings is 2. The van der Waals surface area contributed by atoms with Crippen LogP contribution < -0.4 is 14.2 Å². The Labute approximate surface area is 196 Å². The van der Waals surface area contributed by atoms with Crippen LogP contribution in [-0.2, 0) is 4.79 Å². The summed E-state index contributed by atoms with van der Waals surface area (Å²) in [5.41, 5.74) is 0.720. The molecule has 5 nitrogen and oxygen atoms in total. The number of para-hydroxylation sites is 2. The van der Waals surface area contributed by atoms with Gasteiger partial charge in [0.1, 0.15) is 10.1 Å². The Morgan fingerprint density at radius 1 is 1.13 bits per heavy atom. The molecule has 0 aromatic heterocycles. The Morgan fingerprint density at radius 2 is 1.84 bits per heavy atom. The average molecular weight is 476 g/mol. The molecule has 2 aromatic rings. The van der Waals surface area contributed by atoms with Crippen molar-refractivity contribution in [1.29, 1.82) is 0 Å². The molecule has 31 heavy (non-hydrogen) atoms. The van der Waals surface area contributed by atoms with Gasteiger partial charge in [-0.2, -0.15) is 0 Å². The Morgan fingerprint density at radius 3 is 2.55 bits per heavy atom. The molecule has 0 spiro atoms. The van der Waals surface area contributed by atoms with Crippen molar-refractivity contribution >= 4 is 51.9 Å². The zero-order chi connectivity index (χ0) is 22.2. The van der Waals surface area contributed by atoms with Crippen LogP contribution in [0.2, 0.25) is 5.02 Å². The van der Waals surface area contributed by atoms with E-state index in [-0.39, 0.29) is 5.91 Å². The van der Waals surface area contributed by atoms with Gasteiger partial charge in [0.05, 0.1) is 25.2 Å². The number of amides is 1. The second kappa shape index (κ2) is 11.2. The van der Waals surface area contributed by atoms with Gasteiger partial charge < -0.3 is 14.2 Å². The maximum absolute atomic E-state index is 12.6. The summed E-state index contributed by atoms with van der Waals surface area (Å²) in [6, 6.07) is 12.8. The number of methoxy groups -OCH3 is 1. The molecule has 0 radical (unpaired) electrons. The van der Waals surface area contributed by atoms with Crippen molar-refractivity contribution < 1.29 is 19.0 Å². The van der Waals surface area contributed by atoms with Crippen LogP contribution in [0.4, 0.5) is 0 Å². The molecule has 1 aliphatic rings. The van der Waals surface area contributed by atoms with Crippen molar-refractivity contribution in [2.24, 2.45) is 0 Å². The summed E-state index contributed by atoms with van der Waals surface area (Å²) < 4.78 is 17.5. The van der Waals surface area contributed by atoms with Gasteiger partial charge in [0.2, 0.25) is 0 Å². The van der Waals surface area contributed by atoms with Gasteiger partial charge in [-0.05, 0) is 36.4 Å². The van der Waals surface area contributed by atoms with Gasteiger partial charge in [-0.15, -0.1) is 6.58 Å². The Bertz CT molecular complexity index is 1010. The van der Waals surface area contributed by atoms with Crippen LogP contribution >= 0.6 is 35.6 Å². The van der Waals surface area contributed by atoms with Crippen LogP contribution in [0.15, 0.2) is 60.0 Å². The predicted octanol–water partition coefficient (Wildman–Crippen LogP) is 5.58. The Kier molecular flexibility index (Phi) is 8.40. The van der Waals surface area contributed by atoms with Gasteiger partial charge in [-0.3, -0.25) is 9.69 Å². The quantitative estimate of drug-likeness (QED) is 0.193. The number of hydrogen-bond acceptors (Lipinski definition) is 6. The van der Waals surface area contributed by atoms with Gasteiger partial charge in [0, 0.05) is 23.6 Å². The first-order valence-corrected chi connectivity index (χ1v) is 11.2. The van der Waals surface area contributed by atoms with Crippen LogP contribution in [0.1, 0.15) is 12.0 Å². The lowest BCUT2D eigenvalue weighted by Gasteiger charge is -2.12. The van der Waals surface area contributed by atoms with E-state index in [1.165, 1.54) is 16.7 Å². The number of rotatable bonds is 10. The highest BCUT2D eigenvalue weighted by atomic mass is 35.5. The Hall–Kier alpha value is -2.48. The summed E-state index contributed by atoms with van der Waals surface area (Å²) in [6.07, 6.45) is 4.07. The smallest absolute Gasteiger partial charge is 0.266 e. The van der Waals surface area contributed by atoms with E-state index in [9.17, 15) is 4.79 Å². The normalized spacial score (nSPS) is 14.8. The molecule has 0 N–H and O–H groups in total. The van der Waals surface area contributed by atoms with Crippen molar-refractivity contribution in [3.05, 3.63) is 70.6 Å². The third-order valence-electron chi connectivity index (χ3n) is 4.32. The number of carbonyl (C=O) groups excluding carboxylic acids is 1. The molecule has 0 unspecified atom stereocenters. The minimum atomic E-state index is -0.147. The van der Waals surface area contributed by atoms with Crippen molar-refractivity contribution in [3.63, 3.8) is 0 Å². The van der Waals surface area contributed by atoms with E-state index < -0.39 is 0 Å². The highest BCUT2D eigenvalue weighted by molar-refractivity contribution is 8.26. The molecule has 0 aliphatic carbocycles. The molecular weight excluding hydrogens is 454 g/mol. The fourth-order valence-corrected chi connectivity index (χ4v) is 4.30. The van der Waals surface area contributed by atoms with Gasteiger partial charge in [0.15, 0.2) is 11.5 Å². The third-order valence-corrected chi connectivity index (χ3v) is 5.93. The number of thioether (sulfide) groups is 1. The molecule has 2 aromatic carbocycles. The lowest BCUT2D eigenvalue weighted by molar-refractivity contribution is -0.121. The molecule has 0 bridgehead atoms. The van der Waals surface area contributed by atoms with E-state index in [1.54, 1.807) is 37.5 Å². The average Bonchev–Trinajstić information content (AvgIpc) is 3.03. The molecule has 1 aliphatic heterocycles. The number of carbonyl (C=O) groups is 1. The van der Waals surface area contributed by atoms with Gasteiger partial charge in [0.25, 0.3) is 5.91 Å². The van der Waals surface area contributed by atoms with Gasteiger partial charge >= 0.3 is 0 Å². The lowest BCUT2D eigenvalue weighted by atomic mass is 10.2. The molecule has 3 rings (SSSR count). The monoisotopic (exact) mass is 475 g/mol. The van der Waals surface area contributed by atoms with Crippen LogP contribution in [0, 0.1) is 0 Å². The van der Waals surface area contributed by atoms with Crippen LogP contribution in [-0.4, -0.2) is 42.0 Å². The molecule has 1 saturated heterocycles. The summed E-state index contributed by atoms with van der Waals surface area (Å²) in [6.45, 7) is 4.97. The maximum atomic E-state index is 12.6. The molecule has 162 valence electrons. The lowest BCUT2D eigenvalue weighted by Crippen LogP contribution is -2.27. The summed E-state index contributed by atoms with van der Waals surface area (Å²) in [5.74, 6) is 1.87. The summed E-state index contributed by atoms with van der Waals surface area (Å²) in [7, 11) is 1.61. The fourth-order valence-electron chi connectivity index (χ4n) is 2.85. The van der Waals surface area contributed by atoms with E-state index in [2.05, 4.69) is 6.58 Å². The van der Waals surface area contributed by atoms with Crippen molar-refractivity contribution in [3.8, 4) is 17.2 Å². The topological polar surface area (TPSA) is 48.0 Å². The molecule has 1 heterocycles. The van der Waals surface area contributed by atoms with Crippen LogP contribution in [0.3, 0.4) is 0 Å². The maximum Gasteiger partial charge on any atom is 0.266 e. The third kappa shape index (κ3) is 6.03. The zero-order valence-corrected chi connectivity index (χ0v) is 19.4. The number of ether oxygens (including phenoxy) is 3. The van der Waals surface area contributed by atoms with Crippen molar-refractivity contribution in [1.82, 2.24) is 4.90 Å². The minimum Gasteiger partial charge on any atom is -0.493 e. The van der Waals surface area contributed by atoms with E-state index in [4.69, 9.17) is 38.0 Å². The van der Waals surface area contributed by atoms with Crippen molar-refractivity contribution in [2.75, 3.05) is 26.9 Å². The van der Waals surface area contributed by atoms with Crippen molar-refractivity contribution in [2.45, 2.75) is 6.42 Å². The Balaban J connectivity index is 1.62. The van der Waals surface area contributed by atoms with Crippen LogP contribution in [0.5, 0.6) is 17.2 Å². The molecule has 1 fully saturated rings. The molecule has 1 amide bonds. The first-order chi connectivity index (χ1) is 15.0. The highest BCUT2D eigenvalue weighted by Crippen LogP contribution is 2.35. The highest BCUT2D eigenvalue weighted by Gasteiger charge is 2.31. The second-order valence-electron chi connectivity index (χ2n) is 6.46. The number of hydrogen-bond donors (Lipinski definition) is 0. The minimum absolute atomic E-state index is 0.147. The standard InChI is InChI=1S/C23H22ClNO4S2/c1-3-11-25-22(26)21(31-23(25)30)15-16-14-17(24)9-10-18(16)28-12-6-13-29-20-8-5-4-7-19(20)27-2/h3-5,7-10,14-15H,1,6,11-13H2,2H3/b21-15+. The first kappa shape index (κ1) is 23.2. The summed E-state index contributed by atoms with van der Waals surface area (Å²) in [4.78, 5) is 14.6. The van der Waals surface area contributed by atoms with Gasteiger partial charge in [-0.1, -0.05) is 53.8 Å².